The van der Waals surface area contributed by atoms with Crippen molar-refractivity contribution in [2.75, 3.05) is 0 Å². The summed E-state index contributed by atoms with van der Waals surface area (Å²) in [5, 5.41) is 0.943. The summed E-state index contributed by atoms with van der Waals surface area (Å²) in [6, 6.07) is 5.18. The number of rotatable bonds is 3. The van der Waals surface area contributed by atoms with Crippen LogP contribution in [0.1, 0.15) is 18.4 Å². The summed E-state index contributed by atoms with van der Waals surface area (Å²) in [6.45, 7) is 0. The fourth-order valence-electron chi connectivity index (χ4n) is 1.86. The molecule has 19 heavy (non-hydrogen) atoms. The molecule has 0 amide bonds. The van der Waals surface area contributed by atoms with Crippen molar-refractivity contribution in [3.8, 4) is 0 Å². The van der Waals surface area contributed by atoms with Gasteiger partial charge in [-0.15, -0.1) is 0 Å². The first-order valence-corrected chi connectivity index (χ1v) is 6.70. The highest BCUT2D eigenvalue weighted by atomic mass is 35.5. The second-order valence-corrected chi connectivity index (χ2v) is 5.19. The number of carbonyl (C=O) groups excluding carboxylic acids is 2. The van der Waals surface area contributed by atoms with Crippen LogP contribution in [-0.4, -0.2) is 11.6 Å². The third-order valence-electron chi connectivity index (χ3n) is 2.97. The molecule has 1 unspecified atom stereocenters. The molecule has 0 heterocycles. The summed E-state index contributed by atoms with van der Waals surface area (Å²) in [5.41, 5.74) is 0.818. The highest BCUT2D eigenvalue weighted by Crippen LogP contribution is 2.23. The van der Waals surface area contributed by atoms with E-state index in [1.165, 1.54) is 12.2 Å². The molecule has 2 nitrogen and oxygen atoms in total. The third kappa shape index (κ3) is 3.79. The van der Waals surface area contributed by atoms with Crippen molar-refractivity contribution in [1.29, 1.82) is 0 Å². The van der Waals surface area contributed by atoms with Gasteiger partial charge >= 0.3 is 0 Å². The Labute approximate surface area is 121 Å². The number of benzene rings is 1. The van der Waals surface area contributed by atoms with E-state index >= 15 is 0 Å². The summed E-state index contributed by atoms with van der Waals surface area (Å²) in [4.78, 5) is 23.0. The van der Waals surface area contributed by atoms with Gasteiger partial charge in [-0.05, 0) is 36.3 Å². The van der Waals surface area contributed by atoms with Crippen molar-refractivity contribution in [2.24, 2.45) is 5.92 Å². The lowest BCUT2D eigenvalue weighted by Crippen LogP contribution is -2.15. The minimum atomic E-state index is -0.197. The first kappa shape index (κ1) is 14.0. The van der Waals surface area contributed by atoms with Crippen molar-refractivity contribution in [1.82, 2.24) is 0 Å². The molecule has 0 aromatic heterocycles. The second kappa shape index (κ2) is 6.18. The first-order chi connectivity index (χ1) is 9.06. The zero-order valence-corrected chi connectivity index (χ0v) is 11.6. The van der Waals surface area contributed by atoms with Gasteiger partial charge in [0.1, 0.15) is 0 Å². The molecule has 0 fully saturated rings. The van der Waals surface area contributed by atoms with Crippen LogP contribution in [0, 0.1) is 5.92 Å². The highest BCUT2D eigenvalue weighted by Gasteiger charge is 2.17. The van der Waals surface area contributed by atoms with Crippen LogP contribution in [0.5, 0.6) is 0 Å². The van der Waals surface area contributed by atoms with Crippen molar-refractivity contribution < 1.29 is 9.59 Å². The van der Waals surface area contributed by atoms with Crippen molar-refractivity contribution in [2.45, 2.75) is 12.8 Å². The molecule has 98 valence electrons. The van der Waals surface area contributed by atoms with Crippen LogP contribution >= 0.6 is 23.2 Å². The first-order valence-electron chi connectivity index (χ1n) is 5.94. The normalized spacial score (nSPS) is 19.1. The van der Waals surface area contributed by atoms with Gasteiger partial charge in [0.15, 0.2) is 11.6 Å². The molecule has 0 N–H and O–H groups in total. The molecule has 1 aromatic rings. The Morgan fingerprint density at radius 2 is 2.05 bits per heavy atom. The molecular formula is C15H12Cl2O2. The summed E-state index contributed by atoms with van der Waals surface area (Å²) in [7, 11) is 0. The van der Waals surface area contributed by atoms with Crippen LogP contribution < -0.4 is 0 Å². The molecule has 4 heteroatoms. The topological polar surface area (TPSA) is 34.1 Å². The van der Waals surface area contributed by atoms with Gasteiger partial charge < -0.3 is 0 Å². The molecule has 0 spiro atoms. The monoisotopic (exact) mass is 294 g/mol. The molecule has 0 radical (unpaired) electrons. The Kier molecular flexibility index (Phi) is 4.56. The number of halogens is 2. The molecule has 1 atom stereocenters. The Hall–Kier alpha value is -1.38. The number of carbonyl (C=O) groups is 2. The van der Waals surface area contributed by atoms with E-state index in [1.807, 2.05) is 0 Å². The summed E-state index contributed by atoms with van der Waals surface area (Å²) < 4.78 is 0. The average molecular weight is 295 g/mol. The lowest BCUT2D eigenvalue weighted by Gasteiger charge is -2.11. The van der Waals surface area contributed by atoms with Crippen LogP contribution in [0.2, 0.25) is 10.0 Å². The zero-order valence-electron chi connectivity index (χ0n) is 10.1. The molecule has 0 saturated carbocycles. The predicted molar refractivity (Wildman–Crippen MR) is 77.4 cm³/mol. The largest absolute Gasteiger partial charge is 0.295 e. The van der Waals surface area contributed by atoms with Gasteiger partial charge in [0.05, 0.1) is 10.0 Å². The van der Waals surface area contributed by atoms with Crippen LogP contribution in [0.15, 0.2) is 36.4 Å². The molecule has 2 rings (SSSR count). The van der Waals surface area contributed by atoms with Gasteiger partial charge in [0, 0.05) is 12.3 Å². The third-order valence-corrected chi connectivity index (χ3v) is 3.70. The van der Waals surface area contributed by atoms with E-state index in [-0.39, 0.29) is 17.5 Å². The lowest BCUT2D eigenvalue weighted by molar-refractivity contribution is -0.118. The van der Waals surface area contributed by atoms with E-state index in [9.17, 15) is 9.59 Å². The maximum absolute atomic E-state index is 11.9. The van der Waals surface area contributed by atoms with E-state index in [1.54, 1.807) is 30.4 Å². The Morgan fingerprint density at radius 3 is 2.68 bits per heavy atom. The maximum Gasteiger partial charge on any atom is 0.162 e. The fourth-order valence-corrected chi connectivity index (χ4v) is 2.16. The Morgan fingerprint density at radius 1 is 1.26 bits per heavy atom. The lowest BCUT2D eigenvalue weighted by atomic mass is 9.91. The number of ketones is 2. The Balaban J connectivity index is 2.05. The van der Waals surface area contributed by atoms with E-state index in [2.05, 4.69) is 0 Å². The summed E-state index contributed by atoms with van der Waals surface area (Å²) in [6.07, 6.45) is 7.40. The van der Waals surface area contributed by atoms with Gasteiger partial charge in [-0.1, -0.05) is 41.4 Å². The summed E-state index contributed by atoms with van der Waals surface area (Å²) in [5.74, 6) is -0.121. The van der Waals surface area contributed by atoms with Crippen LogP contribution in [0.3, 0.4) is 0 Å². The minimum absolute atomic E-state index is 0.00479. The van der Waals surface area contributed by atoms with E-state index in [0.717, 1.165) is 5.56 Å². The number of hydrogen-bond donors (Lipinski definition) is 0. The van der Waals surface area contributed by atoms with Gasteiger partial charge in [0.2, 0.25) is 0 Å². The smallest absolute Gasteiger partial charge is 0.162 e. The molecule has 0 aliphatic heterocycles. The highest BCUT2D eigenvalue weighted by molar-refractivity contribution is 6.42. The SMILES string of the molecule is O=C1C=CC(C(=O)C=Cc2ccc(Cl)c(Cl)c2)CC1. The fraction of sp³-hybridized carbons (Fsp3) is 0.200. The van der Waals surface area contributed by atoms with E-state index in [4.69, 9.17) is 23.2 Å². The molecule has 0 saturated heterocycles. The van der Waals surface area contributed by atoms with Gasteiger partial charge in [0.25, 0.3) is 0 Å². The van der Waals surface area contributed by atoms with Crippen molar-refractivity contribution in [3.05, 3.63) is 52.0 Å². The quantitative estimate of drug-likeness (QED) is 0.786. The van der Waals surface area contributed by atoms with Crippen LogP contribution in [-0.2, 0) is 9.59 Å². The zero-order chi connectivity index (χ0) is 13.8. The van der Waals surface area contributed by atoms with Gasteiger partial charge in [-0.25, -0.2) is 0 Å². The molecule has 1 aliphatic rings. The summed E-state index contributed by atoms with van der Waals surface area (Å²) >= 11 is 11.7. The van der Waals surface area contributed by atoms with Crippen molar-refractivity contribution in [3.63, 3.8) is 0 Å². The predicted octanol–water partition coefficient (Wildman–Crippen LogP) is 4.11. The average Bonchev–Trinajstić information content (AvgIpc) is 2.40. The van der Waals surface area contributed by atoms with Crippen molar-refractivity contribution >= 4 is 40.8 Å². The molecule has 1 aromatic carbocycles. The standard InChI is InChI=1S/C15H12Cl2O2/c16-13-7-1-10(9-14(13)17)2-8-15(19)11-3-5-12(18)6-4-11/h1-3,5,7-9,11H,4,6H2. The van der Waals surface area contributed by atoms with E-state index in [0.29, 0.717) is 22.9 Å². The minimum Gasteiger partial charge on any atom is -0.295 e. The Bertz CT molecular complexity index is 574. The number of allylic oxidation sites excluding steroid dienone is 3. The second-order valence-electron chi connectivity index (χ2n) is 4.38. The molecular weight excluding hydrogens is 283 g/mol. The van der Waals surface area contributed by atoms with E-state index < -0.39 is 0 Å². The van der Waals surface area contributed by atoms with Gasteiger partial charge in [-0.3, -0.25) is 9.59 Å². The van der Waals surface area contributed by atoms with Gasteiger partial charge in [-0.2, -0.15) is 0 Å². The van der Waals surface area contributed by atoms with Crippen LogP contribution in [0.25, 0.3) is 6.08 Å². The molecule has 1 aliphatic carbocycles. The van der Waals surface area contributed by atoms with Crippen LogP contribution in [0.4, 0.5) is 0 Å². The molecule has 0 bridgehead atoms. The maximum atomic E-state index is 11.9. The number of hydrogen-bond acceptors (Lipinski definition) is 2.